The van der Waals surface area contributed by atoms with Gasteiger partial charge in [0.15, 0.2) is 0 Å². The van der Waals surface area contributed by atoms with E-state index in [2.05, 4.69) is 42.9 Å². The van der Waals surface area contributed by atoms with E-state index in [9.17, 15) is 0 Å². The zero-order valence-corrected chi connectivity index (χ0v) is 10.9. The van der Waals surface area contributed by atoms with E-state index < -0.39 is 0 Å². The molecule has 0 spiro atoms. The summed E-state index contributed by atoms with van der Waals surface area (Å²) in [6.07, 6.45) is 1.75. The van der Waals surface area contributed by atoms with Gasteiger partial charge in [-0.15, -0.1) is 5.10 Å². The van der Waals surface area contributed by atoms with Crippen LogP contribution in [0.1, 0.15) is 39.4 Å². The fourth-order valence-electron chi connectivity index (χ4n) is 2.18. The molecule has 0 radical (unpaired) electrons. The summed E-state index contributed by atoms with van der Waals surface area (Å²) < 4.78 is 1.75. The van der Waals surface area contributed by atoms with Gasteiger partial charge < -0.3 is 5.73 Å². The molecule has 16 heavy (non-hydrogen) atoms. The smallest absolute Gasteiger partial charge is 0.0769 e. The minimum Gasteiger partial charge on any atom is -0.321 e. The third kappa shape index (κ3) is 2.25. The molecule has 1 unspecified atom stereocenters. The maximum atomic E-state index is 6.33. The SMILES string of the molecule is CCN(CC)C(C)(C)C(N)c1cnnn1C. The van der Waals surface area contributed by atoms with Gasteiger partial charge in [-0.25, -0.2) is 0 Å². The average Bonchev–Trinajstić information content (AvgIpc) is 2.64. The second-order valence-electron chi connectivity index (χ2n) is 4.59. The highest BCUT2D eigenvalue weighted by Crippen LogP contribution is 2.27. The zero-order chi connectivity index (χ0) is 12.3. The molecule has 1 atom stereocenters. The van der Waals surface area contributed by atoms with E-state index in [1.165, 1.54) is 0 Å². The van der Waals surface area contributed by atoms with Crippen LogP contribution in [0.4, 0.5) is 0 Å². The molecule has 1 heterocycles. The summed E-state index contributed by atoms with van der Waals surface area (Å²) in [4.78, 5) is 2.35. The van der Waals surface area contributed by atoms with Crippen LogP contribution in [0.25, 0.3) is 0 Å². The van der Waals surface area contributed by atoms with Crippen molar-refractivity contribution >= 4 is 0 Å². The van der Waals surface area contributed by atoms with Gasteiger partial charge in [0.25, 0.3) is 0 Å². The van der Waals surface area contributed by atoms with Gasteiger partial charge in [-0.3, -0.25) is 9.58 Å². The van der Waals surface area contributed by atoms with Crippen molar-refractivity contribution in [3.05, 3.63) is 11.9 Å². The molecule has 1 aromatic heterocycles. The summed E-state index contributed by atoms with van der Waals surface area (Å²) >= 11 is 0. The highest BCUT2D eigenvalue weighted by atomic mass is 15.4. The van der Waals surface area contributed by atoms with Crippen molar-refractivity contribution in [3.63, 3.8) is 0 Å². The number of nitrogens with zero attached hydrogens (tertiary/aromatic N) is 4. The molecule has 5 heteroatoms. The van der Waals surface area contributed by atoms with Crippen LogP contribution in [-0.4, -0.2) is 38.5 Å². The Kier molecular flexibility index (Phi) is 4.04. The third-order valence-electron chi connectivity index (χ3n) is 3.41. The van der Waals surface area contributed by atoms with Crippen molar-refractivity contribution < 1.29 is 0 Å². The lowest BCUT2D eigenvalue weighted by Gasteiger charge is -2.41. The number of likely N-dealkylation sites (N-methyl/N-ethyl adjacent to an activating group) is 1. The summed E-state index contributed by atoms with van der Waals surface area (Å²) in [7, 11) is 1.88. The largest absolute Gasteiger partial charge is 0.321 e. The first kappa shape index (κ1) is 13.1. The van der Waals surface area contributed by atoms with Crippen molar-refractivity contribution in [2.75, 3.05) is 13.1 Å². The highest BCUT2D eigenvalue weighted by Gasteiger charge is 2.34. The Morgan fingerprint density at radius 2 is 2.00 bits per heavy atom. The van der Waals surface area contributed by atoms with E-state index in [0.29, 0.717) is 0 Å². The predicted molar refractivity (Wildman–Crippen MR) is 64.9 cm³/mol. The van der Waals surface area contributed by atoms with Crippen LogP contribution in [0.5, 0.6) is 0 Å². The maximum absolute atomic E-state index is 6.33. The van der Waals surface area contributed by atoms with E-state index in [0.717, 1.165) is 18.8 Å². The first-order valence-corrected chi connectivity index (χ1v) is 5.80. The van der Waals surface area contributed by atoms with Crippen molar-refractivity contribution in [2.24, 2.45) is 12.8 Å². The van der Waals surface area contributed by atoms with Crippen molar-refractivity contribution in [3.8, 4) is 0 Å². The Morgan fingerprint density at radius 1 is 1.44 bits per heavy atom. The lowest BCUT2D eigenvalue weighted by atomic mass is 9.90. The van der Waals surface area contributed by atoms with Gasteiger partial charge >= 0.3 is 0 Å². The fraction of sp³-hybridized carbons (Fsp3) is 0.818. The Labute approximate surface area is 97.6 Å². The molecule has 0 saturated heterocycles. The van der Waals surface area contributed by atoms with Crippen LogP contribution in [0, 0.1) is 0 Å². The van der Waals surface area contributed by atoms with Crippen LogP contribution in [0.2, 0.25) is 0 Å². The molecule has 5 nitrogen and oxygen atoms in total. The fourth-order valence-corrected chi connectivity index (χ4v) is 2.18. The van der Waals surface area contributed by atoms with E-state index in [1.54, 1.807) is 10.9 Å². The van der Waals surface area contributed by atoms with E-state index in [4.69, 9.17) is 5.73 Å². The lowest BCUT2D eigenvalue weighted by Crippen LogP contribution is -2.51. The second-order valence-corrected chi connectivity index (χ2v) is 4.59. The lowest BCUT2D eigenvalue weighted by molar-refractivity contribution is 0.104. The van der Waals surface area contributed by atoms with Gasteiger partial charge in [-0.2, -0.15) is 0 Å². The second kappa shape index (κ2) is 4.93. The van der Waals surface area contributed by atoms with Crippen molar-refractivity contribution in [1.82, 2.24) is 19.9 Å². The van der Waals surface area contributed by atoms with Crippen LogP contribution in [-0.2, 0) is 7.05 Å². The number of rotatable bonds is 5. The van der Waals surface area contributed by atoms with Crippen LogP contribution >= 0.6 is 0 Å². The van der Waals surface area contributed by atoms with Crippen LogP contribution < -0.4 is 5.73 Å². The van der Waals surface area contributed by atoms with Gasteiger partial charge in [0, 0.05) is 12.6 Å². The number of hydrogen-bond donors (Lipinski definition) is 1. The highest BCUT2D eigenvalue weighted by molar-refractivity contribution is 5.09. The minimum absolute atomic E-state index is 0.0904. The molecule has 0 bridgehead atoms. The standard InChI is InChI=1S/C11H23N5/c1-6-16(7-2)11(3,4)10(12)9-8-13-14-15(9)5/h8,10H,6-7,12H2,1-5H3. The summed E-state index contributed by atoms with van der Waals surface area (Å²) in [5.74, 6) is 0. The zero-order valence-electron chi connectivity index (χ0n) is 10.9. The molecule has 0 aliphatic heterocycles. The number of aryl methyl sites for hydroxylation is 1. The first-order valence-electron chi connectivity index (χ1n) is 5.80. The van der Waals surface area contributed by atoms with Crippen molar-refractivity contribution in [1.29, 1.82) is 0 Å². The predicted octanol–water partition coefficient (Wildman–Crippen LogP) is 0.935. The minimum atomic E-state index is -0.0982. The Balaban J connectivity index is 2.95. The molecule has 0 fully saturated rings. The third-order valence-corrected chi connectivity index (χ3v) is 3.41. The molecule has 1 aromatic rings. The van der Waals surface area contributed by atoms with Gasteiger partial charge in [0.1, 0.15) is 0 Å². The van der Waals surface area contributed by atoms with Crippen LogP contribution in [0.3, 0.4) is 0 Å². The maximum Gasteiger partial charge on any atom is 0.0769 e. The number of nitrogens with two attached hydrogens (primary N) is 1. The van der Waals surface area contributed by atoms with Crippen LogP contribution in [0.15, 0.2) is 6.20 Å². The molecule has 2 N–H and O–H groups in total. The molecule has 0 saturated carbocycles. The average molecular weight is 225 g/mol. The molecular weight excluding hydrogens is 202 g/mol. The summed E-state index contributed by atoms with van der Waals surface area (Å²) in [6, 6.07) is -0.0904. The summed E-state index contributed by atoms with van der Waals surface area (Å²) in [5, 5.41) is 7.81. The van der Waals surface area contributed by atoms with Crippen molar-refractivity contribution in [2.45, 2.75) is 39.3 Å². The number of hydrogen-bond acceptors (Lipinski definition) is 4. The molecule has 0 aromatic carbocycles. The van der Waals surface area contributed by atoms with Gasteiger partial charge in [0.05, 0.1) is 17.9 Å². The molecular formula is C11H23N5. The van der Waals surface area contributed by atoms with Gasteiger partial charge in [-0.05, 0) is 26.9 Å². The van der Waals surface area contributed by atoms with E-state index >= 15 is 0 Å². The number of aromatic nitrogens is 3. The van der Waals surface area contributed by atoms with Gasteiger partial charge in [-0.1, -0.05) is 19.1 Å². The normalized spacial score (nSPS) is 14.4. The van der Waals surface area contributed by atoms with E-state index in [-0.39, 0.29) is 11.6 Å². The monoisotopic (exact) mass is 225 g/mol. The first-order chi connectivity index (χ1) is 7.45. The molecule has 0 aliphatic carbocycles. The summed E-state index contributed by atoms with van der Waals surface area (Å²) in [5.41, 5.74) is 7.20. The Bertz CT molecular complexity index is 327. The molecule has 0 amide bonds. The molecule has 0 aliphatic rings. The van der Waals surface area contributed by atoms with Gasteiger partial charge in [0.2, 0.25) is 0 Å². The quantitative estimate of drug-likeness (QED) is 0.810. The Morgan fingerprint density at radius 3 is 2.38 bits per heavy atom. The Hall–Kier alpha value is -0.940. The molecule has 1 rings (SSSR count). The summed E-state index contributed by atoms with van der Waals surface area (Å²) in [6.45, 7) is 10.6. The topological polar surface area (TPSA) is 60.0 Å². The van der Waals surface area contributed by atoms with E-state index in [1.807, 2.05) is 7.05 Å². The molecule has 92 valence electrons.